The van der Waals surface area contributed by atoms with Crippen LogP contribution in [-0.2, 0) is 19.4 Å². The lowest BCUT2D eigenvalue weighted by Crippen LogP contribution is -2.40. The molecular formula is C14H24N2O4S. The molecule has 1 N–H and O–H groups in total. The molecule has 0 aromatic rings. The van der Waals surface area contributed by atoms with E-state index in [0.29, 0.717) is 12.8 Å². The van der Waals surface area contributed by atoms with Crippen molar-refractivity contribution in [2.45, 2.75) is 45.2 Å². The zero-order valence-corrected chi connectivity index (χ0v) is 13.6. The van der Waals surface area contributed by atoms with Crippen molar-refractivity contribution in [3.05, 3.63) is 0 Å². The lowest BCUT2D eigenvalue weighted by molar-refractivity contribution is -0.135. The number of carbonyl (C=O) groups excluding carboxylic acids is 2. The van der Waals surface area contributed by atoms with Crippen molar-refractivity contribution in [2.24, 2.45) is 11.8 Å². The molecule has 2 rings (SSSR count). The van der Waals surface area contributed by atoms with Gasteiger partial charge in [0.05, 0.1) is 23.3 Å². The second kappa shape index (κ2) is 5.94. The summed E-state index contributed by atoms with van der Waals surface area (Å²) in [5.74, 6) is -0.477. The van der Waals surface area contributed by atoms with E-state index in [9.17, 15) is 18.0 Å². The molecule has 7 heteroatoms. The molecule has 120 valence electrons. The van der Waals surface area contributed by atoms with Gasteiger partial charge in [-0.1, -0.05) is 6.92 Å². The molecule has 0 radical (unpaired) electrons. The Morgan fingerprint density at radius 2 is 2.00 bits per heavy atom. The molecule has 1 saturated heterocycles. The monoisotopic (exact) mass is 316 g/mol. The molecule has 0 bridgehead atoms. The highest BCUT2D eigenvalue weighted by Gasteiger charge is 2.50. The van der Waals surface area contributed by atoms with Crippen LogP contribution in [0.15, 0.2) is 0 Å². The first-order valence-corrected chi connectivity index (χ1v) is 9.34. The molecule has 0 spiro atoms. The fourth-order valence-corrected chi connectivity index (χ4v) is 4.51. The Labute approximate surface area is 126 Å². The smallest absolute Gasteiger partial charge is 0.226 e. The van der Waals surface area contributed by atoms with Crippen LogP contribution in [0.1, 0.15) is 33.1 Å². The van der Waals surface area contributed by atoms with Gasteiger partial charge in [-0.2, -0.15) is 0 Å². The van der Waals surface area contributed by atoms with Gasteiger partial charge in [0.2, 0.25) is 11.8 Å². The van der Waals surface area contributed by atoms with Crippen molar-refractivity contribution in [3.63, 3.8) is 0 Å². The summed E-state index contributed by atoms with van der Waals surface area (Å²) >= 11 is 0. The third kappa shape index (κ3) is 3.75. The predicted octanol–water partition coefficient (Wildman–Crippen LogP) is 0.183. The van der Waals surface area contributed by atoms with Crippen LogP contribution in [0.2, 0.25) is 0 Å². The van der Waals surface area contributed by atoms with Gasteiger partial charge in [-0.25, -0.2) is 8.42 Å². The zero-order chi connectivity index (χ0) is 15.8. The molecule has 2 fully saturated rings. The van der Waals surface area contributed by atoms with Gasteiger partial charge in [0.1, 0.15) is 0 Å². The van der Waals surface area contributed by atoms with Crippen LogP contribution in [0, 0.1) is 11.8 Å². The molecule has 2 aliphatic rings. The van der Waals surface area contributed by atoms with Crippen LogP contribution in [0.25, 0.3) is 0 Å². The number of sulfone groups is 1. The summed E-state index contributed by atoms with van der Waals surface area (Å²) in [6.45, 7) is 3.93. The van der Waals surface area contributed by atoms with Crippen molar-refractivity contribution in [3.8, 4) is 0 Å². The van der Waals surface area contributed by atoms with Crippen LogP contribution in [0.5, 0.6) is 0 Å². The van der Waals surface area contributed by atoms with Gasteiger partial charge in [-0.05, 0) is 26.2 Å². The van der Waals surface area contributed by atoms with E-state index in [0.717, 1.165) is 6.42 Å². The summed E-state index contributed by atoms with van der Waals surface area (Å²) in [5.41, 5.74) is 0. The highest BCUT2D eigenvalue weighted by atomic mass is 32.2. The molecule has 1 heterocycles. The van der Waals surface area contributed by atoms with Crippen molar-refractivity contribution < 1.29 is 18.0 Å². The minimum atomic E-state index is -3.00. The minimum absolute atomic E-state index is 0.0473. The Balaban J connectivity index is 1.87. The van der Waals surface area contributed by atoms with Crippen molar-refractivity contribution in [1.29, 1.82) is 0 Å². The van der Waals surface area contributed by atoms with E-state index in [1.54, 1.807) is 7.05 Å². The van der Waals surface area contributed by atoms with Gasteiger partial charge in [0.15, 0.2) is 9.84 Å². The maximum atomic E-state index is 12.3. The SMILES string of the molecule is CCC(C)NC(=O)C1CC1C(=O)N(C)C1CCS(=O)(=O)C1. The second-order valence-corrected chi connectivity index (χ2v) is 8.50. The number of amides is 2. The Kier molecular flexibility index (Phi) is 4.60. The summed E-state index contributed by atoms with van der Waals surface area (Å²) < 4.78 is 23.0. The molecule has 1 aliphatic carbocycles. The molecule has 21 heavy (non-hydrogen) atoms. The molecule has 1 saturated carbocycles. The molecule has 1 aliphatic heterocycles. The standard InChI is InChI=1S/C14H24N2O4S/c1-4-9(2)15-13(17)11-7-12(11)14(18)16(3)10-5-6-21(19,20)8-10/h9-12H,4-8H2,1-3H3,(H,15,17). The van der Waals surface area contributed by atoms with Crippen LogP contribution in [0.3, 0.4) is 0 Å². The van der Waals surface area contributed by atoms with Gasteiger partial charge in [0.25, 0.3) is 0 Å². The minimum Gasteiger partial charge on any atom is -0.353 e. The maximum absolute atomic E-state index is 12.3. The number of rotatable bonds is 5. The molecule has 0 aromatic heterocycles. The van der Waals surface area contributed by atoms with E-state index < -0.39 is 9.84 Å². The molecule has 6 nitrogen and oxygen atoms in total. The van der Waals surface area contributed by atoms with E-state index >= 15 is 0 Å². The zero-order valence-electron chi connectivity index (χ0n) is 12.8. The Morgan fingerprint density at radius 3 is 2.52 bits per heavy atom. The molecular weight excluding hydrogens is 292 g/mol. The van der Waals surface area contributed by atoms with Crippen LogP contribution in [-0.4, -0.2) is 55.8 Å². The fourth-order valence-electron chi connectivity index (χ4n) is 2.73. The van der Waals surface area contributed by atoms with Crippen molar-refractivity contribution >= 4 is 21.7 Å². The summed E-state index contributed by atoms with van der Waals surface area (Å²) in [4.78, 5) is 25.8. The fraction of sp³-hybridized carbons (Fsp3) is 0.857. The number of hydrogen-bond acceptors (Lipinski definition) is 4. The van der Waals surface area contributed by atoms with Gasteiger partial charge in [-0.3, -0.25) is 9.59 Å². The summed E-state index contributed by atoms with van der Waals surface area (Å²) in [7, 11) is -1.35. The summed E-state index contributed by atoms with van der Waals surface area (Å²) in [5, 5.41) is 2.89. The number of nitrogens with one attached hydrogen (secondary N) is 1. The third-order valence-corrected chi connectivity index (χ3v) is 6.30. The molecule has 2 amide bonds. The van der Waals surface area contributed by atoms with E-state index in [4.69, 9.17) is 0 Å². The van der Waals surface area contributed by atoms with Gasteiger partial charge >= 0.3 is 0 Å². The quantitative estimate of drug-likeness (QED) is 0.784. The third-order valence-electron chi connectivity index (χ3n) is 4.55. The highest BCUT2D eigenvalue weighted by Crippen LogP contribution is 2.40. The first-order chi connectivity index (χ1) is 9.75. The van der Waals surface area contributed by atoms with E-state index in [2.05, 4.69) is 5.32 Å². The van der Waals surface area contributed by atoms with Gasteiger partial charge < -0.3 is 10.2 Å². The molecule has 0 aromatic carbocycles. The molecule has 4 atom stereocenters. The van der Waals surface area contributed by atoms with Gasteiger partial charge in [-0.15, -0.1) is 0 Å². The normalized spacial score (nSPS) is 31.5. The average Bonchev–Trinajstić information content (AvgIpc) is 3.14. The van der Waals surface area contributed by atoms with Crippen molar-refractivity contribution in [2.75, 3.05) is 18.6 Å². The van der Waals surface area contributed by atoms with Crippen LogP contribution >= 0.6 is 0 Å². The van der Waals surface area contributed by atoms with E-state index in [1.807, 2.05) is 13.8 Å². The highest BCUT2D eigenvalue weighted by molar-refractivity contribution is 7.91. The maximum Gasteiger partial charge on any atom is 0.226 e. The second-order valence-electron chi connectivity index (χ2n) is 6.27. The lowest BCUT2D eigenvalue weighted by Gasteiger charge is -2.23. The number of carbonyl (C=O) groups is 2. The first kappa shape index (κ1) is 16.3. The lowest BCUT2D eigenvalue weighted by atomic mass is 10.2. The van der Waals surface area contributed by atoms with E-state index in [-0.39, 0.29) is 47.2 Å². The average molecular weight is 316 g/mol. The van der Waals surface area contributed by atoms with Crippen molar-refractivity contribution in [1.82, 2.24) is 10.2 Å². The first-order valence-electron chi connectivity index (χ1n) is 7.52. The topological polar surface area (TPSA) is 83.6 Å². The number of nitrogens with zero attached hydrogens (tertiary/aromatic N) is 1. The van der Waals surface area contributed by atoms with Gasteiger partial charge in [0, 0.05) is 19.1 Å². The van der Waals surface area contributed by atoms with Crippen LogP contribution < -0.4 is 5.32 Å². The van der Waals surface area contributed by atoms with Crippen LogP contribution in [0.4, 0.5) is 0 Å². The summed E-state index contributed by atoms with van der Waals surface area (Å²) in [6, 6.07) is -0.118. The van der Waals surface area contributed by atoms with E-state index in [1.165, 1.54) is 4.90 Å². The molecule has 4 unspecified atom stereocenters. The summed E-state index contributed by atoms with van der Waals surface area (Å²) in [6.07, 6.45) is 1.93. The predicted molar refractivity (Wildman–Crippen MR) is 79.3 cm³/mol. The Bertz CT molecular complexity index is 531. The number of hydrogen-bond donors (Lipinski definition) is 1. The Morgan fingerprint density at radius 1 is 1.33 bits per heavy atom. The largest absolute Gasteiger partial charge is 0.353 e. The Hall–Kier alpha value is -1.11.